The van der Waals surface area contributed by atoms with Crippen molar-refractivity contribution < 1.29 is 117 Å². The minimum absolute atomic E-state index is 0.0542. The second kappa shape index (κ2) is 23.7. The van der Waals surface area contributed by atoms with Crippen LogP contribution in [0.4, 0.5) is 22.0 Å². The fourth-order valence-electron chi connectivity index (χ4n) is 6.58. The Labute approximate surface area is 376 Å². The molecule has 1 aliphatic carbocycles. The van der Waals surface area contributed by atoms with Gasteiger partial charge < -0.3 is 54.6 Å². The van der Waals surface area contributed by atoms with Crippen LogP contribution in [-0.4, -0.2) is 120 Å². The average molecular weight is 1030 g/mol. The molecule has 2 aromatic rings. The van der Waals surface area contributed by atoms with Crippen LogP contribution in [0.1, 0.15) is 86.2 Å². The molecule has 23 nitrogen and oxygen atoms in total. The molecule has 1 heterocycles. The first-order chi connectivity index (χ1) is 31.2. The minimum Gasteiger partial charge on any atom is -0.462 e. The molecule has 0 bridgehead atoms. The molecule has 31 heteroatoms. The van der Waals surface area contributed by atoms with E-state index in [9.17, 15) is 80.0 Å². The summed E-state index contributed by atoms with van der Waals surface area (Å²) in [6.07, 6.45) is -13.7. The predicted octanol–water partition coefficient (Wildman–Crippen LogP) is 3.32. The summed E-state index contributed by atoms with van der Waals surface area (Å²) in [4.78, 5) is 85.1. The lowest BCUT2D eigenvalue weighted by molar-refractivity contribution is -0.213. The first-order valence-electron chi connectivity index (χ1n) is 20.1. The maximum Gasteiger partial charge on any atom is 0.472 e. The molecule has 4 rings (SSSR count). The van der Waals surface area contributed by atoms with Crippen molar-refractivity contribution in [3.63, 3.8) is 0 Å². The third-order valence-corrected chi connectivity index (χ3v) is 12.0. The largest absolute Gasteiger partial charge is 0.472 e. The molecule has 376 valence electrons. The Kier molecular flexibility index (Phi) is 19.8. The van der Waals surface area contributed by atoms with Gasteiger partial charge in [-0.2, -0.15) is 0 Å². The summed E-state index contributed by atoms with van der Waals surface area (Å²) in [5, 5.41) is 41.3. The highest BCUT2D eigenvalue weighted by molar-refractivity contribution is 7.47. The number of aliphatic hydroxyl groups is 3. The number of nitrogens with one attached hydrogen (secondary N) is 1. The summed E-state index contributed by atoms with van der Waals surface area (Å²) in [7, 11) is -16.8. The van der Waals surface area contributed by atoms with Crippen molar-refractivity contribution in [3.05, 3.63) is 70.0 Å². The molecule has 2 aliphatic rings. The molecule has 1 fully saturated rings. The second-order valence-corrected chi connectivity index (χ2v) is 18.8. The Morgan fingerprint density at radius 1 is 0.672 bits per heavy atom. The van der Waals surface area contributed by atoms with E-state index in [0.717, 1.165) is 12.8 Å². The zero-order chi connectivity index (χ0) is 50.1. The van der Waals surface area contributed by atoms with Crippen molar-refractivity contribution in [1.82, 2.24) is 5.32 Å². The van der Waals surface area contributed by atoms with Crippen molar-refractivity contribution >= 4 is 41.3 Å². The van der Waals surface area contributed by atoms with Crippen LogP contribution in [-0.2, 0) is 56.5 Å². The van der Waals surface area contributed by atoms with E-state index >= 15 is 0 Å². The van der Waals surface area contributed by atoms with Crippen LogP contribution in [0.3, 0.4) is 0 Å². The molecule has 0 aromatic heterocycles. The lowest BCUT2D eigenvalue weighted by Gasteiger charge is -2.44. The highest BCUT2D eigenvalue weighted by Gasteiger charge is 2.57. The normalized spacial score (nSPS) is 22.7. The van der Waals surface area contributed by atoms with Gasteiger partial charge in [-0.3, -0.25) is 32.5 Å². The van der Waals surface area contributed by atoms with Gasteiger partial charge in [-0.25, -0.2) is 35.6 Å². The molecule has 1 aliphatic heterocycles. The van der Waals surface area contributed by atoms with Gasteiger partial charge in [0.25, 0.3) is 5.91 Å². The number of benzene rings is 2. The van der Waals surface area contributed by atoms with Gasteiger partial charge in [0.05, 0.1) is 12.2 Å². The van der Waals surface area contributed by atoms with Crippen LogP contribution in [0.25, 0.3) is 0 Å². The lowest BCUT2D eigenvalue weighted by atomic mass is 9.85. The van der Waals surface area contributed by atoms with E-state index in [2.05, 4.69) is 24.6 Å². The van der Waals surface area contributed by atoms with Crippen LogP contribution in [0.15, 0.2) is 34.5 Å². The number of amides is 1. The average Bonchev–Trinajstić information content (AvgIpc) is 4.06. The second-order valence-electron chi connectivity index (χ2n) is 15.0. The predicted molar refractivity (Wildman–Crippen MR) is 211 cm³/mol. The SMILES string of the molecule is CCCCCCC(=O)OC(COC(=O)CCCCCNC(=O)c1ccc(C2(c3c(F)c(F)c(F)c(F)c3F)N=N2)cc1)COP(=O)(O)O[C@@H]1[C@H](O)[C@H](O)[C@@H](OP(=O)(O)O)[C@H](OP(=O)(O)O)[C@H]1O. The number of phosphoric ester groups is 3. The van der Waals surface area contributed by atoms with E-state index in [-0.39, 0.29) is 36.9 Å². The highest BCUT2D eigenvalue weighted by atomic mass is 31.2. The van der Waals surface area contributed by atoms with Crippen LogP contribution in [0.2, 0.25) is 0 Å². The Hall–Kier alpha value is -3.69. The van der Waals surface area contributed by atoms with Gasteiger partial charge in [0, 0.05) is 30.5 Å². The number of rotatable bonds is 26. The summed E-state index contributed by atoms with van der Waals surface area (Å²) in [5.41, 5.74) is -3.50. The summed E-state index contributed by atoms with van der Waals surface area (Å²) >= 11 is 0. The number of hydrogen-bond acceptors (Lipinski definition) is 17. The number of ether oxygens (including phenoxy) is 2. The number of nitrogens with zero attached hydrogens (tertiary/aromatic N) is 2. The molecule has 0 saturated heterocycles. The lowest BCUT2D eigenvalue weighted by Crippen LogP contribution is -2.65. The zero-order valence-electron chi connectivity index (χ0n) is 34.9. The molecule has 1 saturated carbocycles. The fourth-order valence-corrected chi connectivity index (χ4v) is 8.68. The van der Waals surface area contributed by atoms with Gasteiger partial charge in [0.2, 0.25) is 11.5 Å². The van der Waals surface area contributed by atoms with Gasteiger partial charge in [-0.05, 0) is 31.4 Å². The van der Waals surface area contributed by atoms with Gasteiger partial charge in [0.1, 0.15) is 43.2 Å². The summed E-state index contributed by atoms with van der Waals surface area (Å²) in [5.74, 6) is -13.2. The van der Waals surface area contributed by atoms with E-state index in [1.807, 2.05) is 6.92 Å². The standard InChI is InChI=1S/C36H47F5N3O20P3/c1-2-3-4-6-10-22(46)61-20(17-60-67(57,58)64-32-29(47)30(48)33(62-65(51,52)53)34(31(32)49)63-66(54,55)56)16-59-21(45)9-7-5-8-15-42-35(50)18-11-13-19(14-12-18)36(43-44-36)23-24(37)26(39)28(41)27(40)25(23)38/h11-14,20,29-34,47-49H,2-10,15-17H2,1H3,(H,42,50)(H,57,58)(H2,51,52,53)(H2,54,55,56)/t20?,29-,30+,31+,32-,33-,34-/m1/s1. The number of aliphatic hydroxyl groups excluding tert-OH is 3. The maximum atomic E-state index is 14.5. The third-order valence-electron chi connectivity index (χ3n) is 9.93. The van der Waals surface area contributed by atoms with Crippen molar-refractivity contribution in [2.45, 2.75) is 113 Å². The summed E-state index contributed by atoms with van der Waals surface area (Å²) in [6.45, 7) is 0.231. The van der Waals surface area contributed by atoms with Crippen LogP contribution >= 0.6 is 23.5 Å². The van der Waals surface area contributed by atoms with Gasteiger partial charge in [-0.1, -0.05) is 44.7 Å². The van der Waals surface area contributed by atoms with E-state index in [0.29, 0.717) is 25.7 Å². The number of halogens is 5. The van der Waals surface area contributed by atoms with Crippen molar-refractivity contribution in [2.24, 2.45) is 10.2 Å². The minimum atomic E-state index is -5.66. The van der Waals surface area contributed by atoms with E-state index < -0.39 is 138 Å². The quantitative estimate of drug-likeness (QED) is 0.0163. The van der Waals surface area contributed by atoms with Crippen LogP contribution < -0.4 is 5.32 Å². The molecule has 0 radical (unpaired) electrons. The molecule has 2 unspecified atom stereocenters. The number of carbonyl (C=O) groups is 3. The zero-order valence-corrected chi connectivity index (χ0v) is 37.6. The summed E-state index contributed by atoms with van der Waals surface area (Å²) < 4.78 is 135. The first kappa shape index (κ1) is 55.9. The monoisotopic (exact) mass is 1030 g/mol. The molecule has 67 heavy (non-hydrogen) atoms. The molecular weight excluding hydrogens is 982 g/mol. The molecule has 2 aromatic carbocycles. The molecule has 8 atom stereocenters. The smallest absolute Gasteiger partial charge is 0.462 e. The van der Waals surface area contributed by atoms with Crippen molar-refractivity contribution in [2.75, 3.05) is 19.8 Å². The van der Waals surface area contributed by atoms with E-state index in [1.165, 1.54) is 24.3 Å². The number of phosphoric acid groups is 3. The molecule has 9 N–H and O–H groups in total. The Balaban J connectivity index is 1.27. The Morgan fingerprint density at radius 2 is 1.18 bits per heavy atom. The number of unbranched alkanes of at least 4 members (excludes halogenated alkanes) is 5. The number of carbonyl (C=O) groups excluding carboxylic acids is 3. The topological polar surface area (TPSA) is 356 Å². The highest BCUT2D eigenvalue weighted by Crippen LogP contribution is 2.52. The molecular formula is C36H47F5N3O20P3. The summed E-state index contributed by atoms with van der Waals surface area (Å²) in [6, 6.07) is 4.79. The van der Waals surface area contributed by atoms with Gasteiger partial charge >= 0.3 is 35.4 Å². The van der Waals surface area contributed by atoms with Crippen molar-refractivity contribution in [1.29, 1.82) is 0 Å². The Morgan fingerprint density at radius 3 is 1.72 bits per heavy atom. The molecule has 0 spiro atoms. The third kappa shape index (κ3) is 15.7. The van der Waals surface area contributed by atoms with Gasteiger partial charge in [0.15, 0.2) is 29.4 Å². The van der Waals surface area contributed by atoms with E-state index in [1.54, 1.807) is 0 Å². The molecule has 1 amide bonds. The first-order valence-corrected chi connectivity index (χ1v) is 24.6. The van der Waals surface area contributed by atoms with Crippen molar-refractivity contribution in [3.8, 4) is 0 Å². The van der Waals surface area contributed by atoms with Crippen LogP contribution in [0.5, 0.6) is 0 Å². The van der Waals surface area contributed by atoms with Gasteiger partial charge in [-0.15, -0.1) is 10.2 Å². The number of esters is 2. The number of hydrogen-bond donors (Lipinski definition) is 9. The maximum absolute atomic E-state index is 14.5. The van der Waals surface area contributed by atoms with Crippen LogP contribution in [0, 0.1) is 29.1 Å². The fraction of sp³-hybridized carbons (Fsp3) is 0.583. The Bertz CT molecular complexity index is 2220. The van der Waals surface area contributed by atoms with E-state index in [4.69, 9.17) is 28.3 Å².